The molecule has 0 saturated heterocycles. The van der Waals surface area contributed by atoms with Crippen LogP contribution in [0.15, 0.2) is 36.4 Å². The highest BCUT2D eigenvalue weighted by atomic mass is 16.5. The fraction of sp³-hybridized carbons (Fsp3) is 0.250. The van der Waals surface area contributed by atoms with Crippen LogP contribution >= 0.6 is 0 Å². The third-order valence-electron chi connectivity index (χ3n) is 2.83. The van der Waals surface area contributed by atoms with Crippen molar-refractivity contribution in [2.75, 3.05) is 19.5 Å². The van der Waals surface area contributed by atoms with E-state index in [1.807, 2.05) is 32.0 Å². The molecule has 0 aliphatic carbocycles. The topological polar surface area (TPSA) is 53.7 Å². The molecule has 20 heavy (non-hydrogen) atoms. The summed E-state index contributed by atoms with van der Waals surface area (Å²) in [6.07, 6.45) is 0. The fourth-order valence-corrected chi connectivity index (χ4v) is 1.84. The smallest absolute Gasteiger partial charge is 0.169 e. The van der Waals surface area contributed by atoms with Gasteiger partial charge < -0.3 is 19.9 Å². The lowest BCUT2D eigenvalue weighted by Gasteiger charge is -2.13. The van der Waals surface area contributed by atoms with E-state index < -0.39 is 0 Å². The van der Waals surface area contributed by atoms with Crippen LogP contribution in [0.2, 0.25) is 0 Å². The van der Waals surface area contributed by atoms with E-state index in [4.69, 9.17) is 19.9 Å². The Morgan fingerprint density at radius 1 is 1.00 bits per heavy atom. The van der Waals surface area contributed by atoms with Crippen molar-refractivity contribution in [3.05, 3.63) is 42.0 Å². The SMILES string of the molecule is CCOc1cc(Oc2ccc(C)cc2OC)ccc1N. The molecule has 0 bridgehead atoms. The number of rotatable bonds is 5. The summed E-state index contributed by atoms with van der Waals surface area (Å²) in [5, 5.41) is 0. The van der Waals surface area contributed by atoms with E-state index in [0.717, 1.165) is 5.56 Å². The maximum Gasteiger partial charge on any atom is 0.169 e. The zero-order valence-electron chi connectivity index (χ0n) is 12.0. The van der Waals surface area contributed by atoms with E-state index in [1.54, 1.807) is 25.3 Å². The molecular weight excluding hydrogens is 254 g/mol. The number of ether oxygens (including phenoxy) is 3. The van der Waals surface area contributed by atoms with Crippen LogP contribution in [0.25, 0.3) is 0 Å². The lowest BCUT2D eigenvalue weighted by atomic mass is 10.2. The van der Waals surface area contributed by atoms with Gasteiger partial charge in [0.05, 0.1) is 19.4 Å². The van der Waals surface area contributed by atoms with E-state index in [9.17, 15) is 0 Å². The molecule has 2 N–H and O–H groups in total. The van der Waals surface area contributed by atoms with Crippen molar-refractivity contribution in [3.8, 4) is 23.0 Å². The zero-order chi connectivity index (χ0) is 14.5. The molecule has 106 valence electrons. The Kier molecular flexibility index (Phi) is 4.35. The number of aryl methyl sites for hydroxylation is 1. The van der Waals surface area contributed by atoms with Crippen molar-refractivity contribution in [2.45, 2.75) is 13.8 Å². The van der Waals surface area contributed by atoms with Gasteiger partial charge in [-0.25, -0.2) is 0 Å². The van der Waals surface area contributed by atoms with Gasteiger partial charge in [0.1, 0.15) is 11.5 Å². The van der Waals surface area contributed by atoms with Gasteiger partial charge in [-0.1, -0.05) is 6.07 Å². The number of anilines is 1. The Hall–Kier alpha value is -2.36. The molecule has 2 aromatic carbocycles. The molecule has 0 fully saturated rings. The number of nitrogens with two attached hydrogens (primary N) is 1. The monoisotopic (exact) mass is 273 g/mol. The molecule has 0 aliphatic rings. The second kappa shape index (κ2) is 6.19. The van der Waals surface area contributed by atoms with Crippen molar-refractivity contribution < 1.29 is 14.2 Å². The lowest BCUT2D eigenvalue weighted by Crippen LogP contribution is -1.97. The first kappa shape index (κ1) is 14.1. The van der Waals surface area contributed by atoms with Crippen LogP contribution in [0.4, 0.5) is 5.69 Å². The van der Waals surface area contributed by atoms with E-state index in [2.05, 4.69) is 0 Å². The van der Waals surface area contributed by atoms with Gasteiger partial charge in [-0.05, 0) is 43.7 Å². The number of hydrogen-bond donors (Lipinski definition) is 1. The van der Waals surface area contributed by atoms with Gasteiger partial charge in [-0.3, -0.25) is 0 Å². The molecule has 4 nitrogen and oxygen atoms in total. The summed E-state index contributed by atoms with van der Waals surface area (Å²) in [6.45, 7) is 4.47. The van der Waals surface area contributed by atoms with Crippen molar-refractivity contribution in [1.29, 1.82) is 0 Å². The maximum atomic E-state index is 5.84. The molecule has 0 radical (unpaired) electrons. The Labute approximate surface area is 119 Å². The third-order valence-corrected chi connectivity index (χ3v) is 2.83. The van der Waals surface area contributed by atoms with Gasteiger partial charge >= 0.3 is 0 Å². The van der Waals surface area contributed by atoms with E-state index in [-0.39, 0.29) is 0 Å². The van der Waals surface area contributed by atoms with Gasteiger partial charge in [0.25, 0.3) is 0 Å². The van der Waals surface area contributed by atoms with Crippen molar-refractivity contribution >= 4 is 5.69 Å². The highest BCUT2D eigenvalue weighted by molar-refractivity contribution is 5.56. The molecule has 0 unspecified atom stereocenters. The summed E-state index contributed by atoms with van der Waals surface area (Å²) in [5.74, 6) is 2.63. The van der Waals surface area contributed by atoms with E-state index in [0.29, 0.717) is 35.3 Å². The van der Waals surface area contributed by atoms with Crippen LogP contribution in [0.1, 0.15) is 12.5 Å². The van der Waals surface area contributed by atoms with Crippen molar-refractivity contribution in [2.24, 2.45) is 0 Å². The summed E-state index contributed by atoms with van der Waals surface area (Å²) in [4.78, 5) is 0. The number of hydrogen-bond acceptors (Lipinski definition) is 4. The van der Waals surface area contributed by atoms with E-state index in [1.165, 1.54) is 0 Å². The standard InChI is InChI=1S/C16H19NO3/c1-4-19-15-10-12(6-7-13(15)17)20-14-8-5-11(2)9-16(14)18-3/h5-10H,4,17H2,1-3H3. The molecular formula is C16H19NO3. The third kappa shape index (κ3) is 3.15. The van der Waals surface area contributed by atoms with Crippen LogP contribution in [0.3, 0.4) is 0 Å². The first-order valence-corrected chi connectivity index (χ1v) is 6.49. The van der Waals surface area contributed by atoms with Gasteiger partial charge in [-0.15, -0.1) is 0 Å². The molecule has 0 atom stereocenters. The summed E-state index contributed by atoms with van der Waals surface area (Å²) in [6, 6.07) is 11.1. The molecule has 0 spiro atoms. The number of benzene rings is 2. The second-order valence-corrected chi connectivity index (χ2v) is 4.39. The predicted molar refractivity (Wildman–Crippen MR) is 79.8 cm³/mol. The van der Waals surface area contributed by atoms with Crippen LogP contribution < -0.4 is 19.9 Å². The maximum absolute atomic E-state index is 5.84. The average molecular weight is 273 g/mol. The van der Waals surface area contributed by atoms with Gasteiger partial charge in [-0.2, -0.15) is 0 Å². The van der Waals surface area contributed by atoms with Gasteiger partial charge in [0, 0.05) is 6.07 Å². The highest BCUT2D eigenvalue weighted by Crippen LogP contribution is 2.35. The molecule has 0 heterocycles. The average Bonchev–Trinajstić information content (AvgIpc) is 2.44. The minimum atomic E-state index is 0.557. The Morgan fingerprint density at radius 2 is 1.80 bits per heavy atom. The summed E-state index contributed by atoms with van der Waals surface area (Å²) < 4.78 is 16.6. The first-order chi connectivity index (χ1) is 9.63. The van der Waals surface area contributed by atoms with Crippen LogP contribution in [0.5, 0.6) is 23.0 Å². The Balaban J connectivity index is 2.28. The normalized spacial score (nSPS) is 10.2. The minimum Gasteiger partial charge on any atom is -0.493 e. The van der Waals surface area contributed by atoms with Crippen molar-refractivity contribution in [1.82, 2.24) is 0 Å². The highest BCUT2D eigenvalue weighted by Gasteiger charge is 2.08. The second-order valence-electron chi connectivity index (χ2n) is 4.39. The van der Waals surface area contributed by atoms with Crippen LogP contribution in [0, 0.1) is 6.92 Å². The molecule has 2 rings (SSSR count). The largest absolute Gasteiger partial charge is 0.493 e. The minimum absolute atomic E-state index is 0.557. The Bertz CT molecular complexity index is 596. The zero-order valence-corrected chi connectivity index (χ0v) is 12.0. The molecule has 0 saturated carbocycles. The van der Waals surface area contributed by atoms with Gasteiger partial charge in [0.15, 0.2) is 11.5 Å². The van der Waals surface area contributed by atoms with Crippen LogP contribution in [-0.4, -0.2) is 13.7 Å². The van der Waals surface area contributed by atoms with Crippen molar-refractivity contribution in [3.63, 3.8) is 0 Å². The van der Waals surface area contributed by atoms with E-state index >= 15 is 0 Å². The Morgan fingerprint density at radius 3 is 2.50 bits per heavy atom. The summed E-state index contributed by atoms with van der Waals surface area (Å²) >= 11 is 0. The molecule has 2 aromatic rings. The quantitative estimate of drug-likeness (QED) is 0.842. The molecule has 0 aromatic heterocycles. The first-order valence-electron chi connectivity index (χ1n) is 6.49. The fourth-order valence-electron chi connectivity index (χ4n) is 1.84. The number of nitrogen functional groups attached to an aromatic ring is 1. The number of methoxy groups -OCH3 is 1. The lowest BCUT2D eigenvalue weighted by molar-refractivity contribution is 0.339. The molecule has 0 amide bonds. The molecule has 0 aliphatic heterocycles. The predicted octanol–water partition coefficient (Wildman–Crippen LogP) is 3.78. The van der Waals surface area contributed by atoms with Gasteiger partial charge in [0.2, 0.25) is 0 Å². The summed E-state index contributed by atoms with van der Waals surface area (Å²) in [5.41, 5.74) is 7.54. The van der Waals surface area contributed by atoms with Crippen LogP contribution in [-0.2, 0) is 0 Å². The molecule has 4 heteroatoms. The summed E-state index contributed by atoms with van der Waals surface area (Å²) in [7, 11) is 1.62.